The fourth-order valence-electron chi connectivity index (χ4n) is 4.43. The van der Waals surface area contributed by atoms with Gasteiger partial charge in [0.1, 0.15) is 0 Å². The summed E-state index contributed by atoms with van der Waals surface area (Å²) in [5, 5.41) is 11.1. The topological polar surface area (TPSA) is 72.7 Å². The maximum absolute atomic E-state index is 5.58. The average molecular weight is 556 g/mol. The van der Waals surface area contributed by atoms with Gasteiger partial charge in [0.05, 0.1) is 27.0 Å². The number of ether oxygens (including phenoxy) is 2. The fourth-order valence-corrected chi connectivity index (χ4v) is 4.43. The second kappa shape index (κ2) is 12.9. The number of hydrogen-bond acceptors (Lipinski definition) is 4. The second-order valence-electron chi connectivity index (χ2n) is 8.30. The summed E-state index contributed by atoms with van der Waals surface area (Å²) in [6.45, 7) is 4.51. The molecule has 1 aliphatic carbocycles. The van der Waals surface area contributed by atoms with Crippen molar-refractivity contribution < 1.29 is 9.47 Å². The fraction of sp³-hybridized carbons (Fsp3) is 0.583. The van der Waals surface area contributed by atoms with Gasteiger partial charge < -0.3 is 20.1 Å². The summed E-state index contributed by atoms with van der Waals surface area (Å²) in [5.41, 5.74) is 2.54. The van der Waals surface area contributed by atoms with E-state index in [0.717, 1.165) is 56.4 Å². The van der Waals surface area contributed by atoms with Gasteiger partial charge in [-0.3, -0.25) is 9.67 Å². The molecule has 2 N–H and O–H groups in total. The number of aliphatic imine (C=N–C) groups is 1. The van der Waals surface area contributed by atoms with Crippen molar-refractivity contribution in [3.05, 3.63) is 41.7 Å². The molecule has 0 spiro atoms. The zero-order valence-electron chi connectivity index (χ0n) is 19.8. The van der Waals surface area contributed by atoms with Crippen molar-refractivity contribution >= 4 is 29.9 Å². The van der Waals surface area contributed by atoms with Crippen LogP contribution in [0.25, 0.3) is 0 Å². The summed E-state index contributed by atoms with van der Waals surface area (Å²) in [4.78, 5) is 5.02. The van der Waals surface area contributed by atoms with Crippen LogP contribution in [-0.4, -0.2) is 49.6 Å². The Balaban J connectivity index is 0.00000363. The molecule has 1 saturated carbocycles. The highest BCUT2D eigenvalue weighted by molar-refractivity contribution is 14.0. The van der Waals surface area contributed by atoms with Crippen molar-refractivity contribution in [2.45, 2.75) is 50.9 Å². The van der Waals surface area contributed by atoms with E-state index in [9.17, 15) is 0 Å². The standard InChI is InChI=1S/C24H37N5O2.HI/c1-5-25-23(26-14-11-19-16-28-29(2)17-19)27-18-24(12-7-6-8-13-24)20-9-10-21(30-3)22(15-20)31-4;/h9-10,15-17H,5-8,11-14,18H2,1-4H3,(H2,25,26,27);1H. The molecule has 2 aromatic rings. The molecule has 178 valence electrons. The summed E-state index contributed by atoms with van der Waals surface area (Å²) in [6, 6.07) is 6.35. The van der Waals surface area contributed by atoms with E-state index >= 15 is 0 Å². The first kappa shape index (κ1) is 26.3. The molecule has 1 fully saturated rings. The summed E-state index contributed by atoms with van der Waals surface area (Å²) < 4.78 is 12.9. The van der Waals surface area contributed by atoms with E-state index < -0.39 is 0 Å². The molecule has 0 atom stereocenters. The number of nitrogens with zero attached hydrogens (tertiary/aromatic N) is 3. The first-order chi connectivity index (χ1) is 15.1. The minimum Gasteiger partial charge on any atom is -0.493 e. The van der Waals surface area contributed by atoms with Crippen molar-refractivity contribution in [3.8, 4) is 11.5 Å². The number of halogens is 1. The van der Waals surface area contributed by atoms with Crippen LogP contribution in [0.2, 0.25) is 0 Å². The smallest absolute Gasteiger partial charge is 0.191 e. The predicted molar refractivity (Wildman–Crippen MR) is 141 cm³/mol. The van der Waals surface area contributed by atoms with E-state index in [-0.39, 0.29) is 29.4 Å². The number of methoxy groups -OCH3 is 2. The molecule has 0 aliphatic heterocycles. The molecule has 0 unspecified atom stereocenters. The molecule has 32 heavy (non-hydrogen) atoms. The minimum atomic E-state index is 0. The Morgan fingerprint density at radius 1 is 1.12 bits per heavy atom. The van der Waals surface area contributed by atoms with Gasteiger partial charge in [0.2, 0.25) is 0 Å². The van der Waals surface area contributed by atoms with Crippen LogP contribution in [0.3, 0.4) is 0 Å². The minimum absolute atomic E-state index is 0. The lowest BCUT2D eigenvalue weighted by atomic mass is 9.69. The third-order valence-electron chi connectivity index (χ3n) is 6.16. The Morgan fingerprint density at radius 3 is 2.50 bits per heavy atom. The lowest BCUT2D eigenvalue weighted by Gasteiger charge is -2.37. The normalized spacial score (nSPS) is 15.6. The number of guanidine groups is 1. The van der Waals surface area contributed by atoms with Crippen LogP contribution >= 0.6 is 24.0 Å². The summed E-state index contributed by atoms with van der Waals surface area (Å²) in [7, 11) is 5.32. The Hall–Kier alpha value is -1.97. The average Bonchev–Trinajstić information content (AvgIpc) is 3.22. The molecule has 1 aromatic heterocycles. The Kier molecular flexibility index (Phi) is 10.6. The Morgan fingerprint density at radius 2 is 1.88 bits per heavy atom. The van der Waals surface area contributed by atoms with Crippen LogP contribution in [-0.2, 0) is 18.9 Å². The first-order valence-electron chi connectivity index (χ1n) is 11.3. The lowest BCUT2D eigenvalue weighted by Crippen LogP contribution is -2.40. The molecule has 1 aliphatic rings. The second-order valence-corrected chi connectivity index (χ2v) is 8.30. The van der Waals surface area contributed by atoms with Crippen molar-refractivity contribution in [2.75, 3.05) is 33.9 Å². The van der Waals surface area contributed by atoms with Gasteiger partial charge in [-0.2, -0.15) is 5.10 Å². The van der Waals surface area contributed by atoms with Crippen LogP contribution in [0.15, 0.2) is 35.6 Å². The Labute approximate surface area is 209 Å². The van der Waals surface area contributed by atoms with Gasteiger partial charge in [0, 0.05) is 31.7 Å². The largest absolute Gasteiger partial charge is 0.493 e. The van der Waals surface area contributed by atoms with Gasteiger partial charge in [0.25, 0.3) is 0 Å². The van der Waals surface area contributed by atoms with Crippen molar-refractivity contribution in [1.82, 2.24) is 20.4 Å². The monoisotopic (exact) mass is 555 g/mol. The van der Waals surface area contributed by atoms with Crippen LogP contribution < -0.4 is 20.1 Å². The van der Waals surface area contributed by atoms with Gasteiger partial charge in [-0.15, -0.1) is 24.0 Å². The number of rotatable bonds is 9. The van der Waals surface area contributed by atoms with Crippen molar-refractivity contribution in [3.63, 3.8) is 0 Å². The van der Waals surface area contributed by atoms with Crippen LogP contribution in [0, 0.1) is 0 Å². The number of benzene rings is 1. The molecular weight excluding hydrogens is 517 g/mol. The molecule has 0 bridgehead atoms. The summed E-state index contributed by atoms with van der Waals surface area (Å²) in [5.74, 6) is 2.43. The van der Waals surface area contributed by atoms with Gasteiger partial charge in [-0.1, -0.05) is 25.3 Å². The number of hydrogen-bond donors (Lipinski definition) is 2. The maximum atomic E-state index is 5.58. The lowest BCUT2D eigenvalue weighted by molar-refractivity contribution is 0.298. The highest BCUT2D eigenvalue weighted by Gasteiger charge is 2.34. The van der Waals surface area contributed by atoms with E-state index in [1.54, 1.807) is 14.2 Å². The predicted octanol–water partition coefficient (Wildman–Crippen LogP) is 4.06. The van der Waals surface area contributed by atoms with Crippen LogP contribution in [0.1, 0.15) is 50.2 Å². The SMILES string of the molecule is CCNC(=NCC1(c2ccc(OC)c(OC)c2)CCCCC1)NCCc1cnn(C)c1.I. The van der Waals surface area contributed by atoms with Crippen LogP contribution in [0.4, 0.5) is 0 Å². The third kappa shape index (κ3) is 6.76. The first-order valence-corrected chi connectivity index (χ1v) is 11.3. The van der Waals surface area contributed by atoms with Gasteiger partial charge in [0.15, 0.2) is 17.5 Å². The maximum Gasteiger partial charge on any atom is 0.191 e. The molecule has 0 amide bonds. The summed E-state index contributed by atoms with van der Waals surface area (Å²) >= 11 is 0. The van der Waals surface area contributed by atoms with E-state index in [0.29, 0.717) is 0 Å². The Bertz CT molecular complexity index is 862. The number of nitrogens with one attached hydrogen (secondary N) is 2. The highest BCUT2D eigenvalue weighted by Crippen LogP contribution is 2.42. The van der Waals surface area contributed by atoms with Crippen molar-refractivity contribution in [1.29, 1.82) is 0 Å². The molecule has 3 rings (SSSR count). The quantitative estimate of drug-likeness (QED) is 0.278. The van der Waals surface area contributed by atoms with Crippen molar-refractivity contribution in [2.24, 2.45) is 12.0 Å². The molecule has 8 heteroatoms. The third-order valence-corrected chi connectivity index (χ3v) is 6.16. The van der Waals surface area contributed by atoms with Gasteiger partial charge in [-0.05, 0) is 49.4 Å². The van der Waals surface area contributed by atoms with Crippen LogP contribution in [0.5, 0.6) is 11.5 Å². The summed E-state index contributed by atoms with van der Waals surface area (Å²) in [6.07, 6.45) is 10.9. The molecule has 0 radical (unpaired) electrons. The van der Waals surface area contributed by atoms with E-state index in [1.165, 1.54) is 30.4 Å². The molecule has 1 heterocycles. The number of aryl methyl sites for hydroxylation is 1. The zero-order chi connectivity index (χ0) is 22.1. The van der Waals surface area contributed by atoms with E-state index in [2.05, 4.69) is 41.0 Å². The van der Waals surface area contributed by atoms with E-state index in [1.807, 2.05) is 24.0 Å². The van der Waals surface area contributed by atoms with Gasteiger partial charge >= 0.3 is 0 Å². The molecule has 0 saturated heterocycles. The molecule has 1 aromatic carbocycles. The van der Waals surface area contributed by atoms with Gasteiger partial charge in [-0.25, -0.2) is 0 Å². The van der Waals surface area contributed by atoms with E-state index in [4.69, 9.17) is 14.5 Å². The highest BCUT2D eigenvalue weighted by atomic mass is 127. The molecule has 7 nitrogen and oxygen atoms in total. The molecular formula is C24H38IN5O2. The zero-order valence-corrected chi connectivity index (χ0v) is 22.1. The number of aromatic nitrogens is 2.